The van der Waals surface area contributed by atoms with E-state index in [0.29, 0.717) is 23.0 Å². The largest absolute Gasteiger partial charge is 0.419 e. The Morgan fingerprint density at radius 2 is 1.07 bits per heavy atom. The van der Waals surface area contributed by atoms with Gasteiger partial charge in [-0.1, -0.05) is 41.5 Å². The standard InChI is InChI=1S/C16H36NO2Si.2C3H8O.Ti/c1-13(2)20(14(3)4,15(5)6)19-12-10-9-11-16(18)17(7)8;2*1-3(2)4;/h9,13-16,18H,10-12H2,1-8H3;2*3-4H,1-2H3;/q-1;;;. The monoisotopic (exact) mass is 470 g/mol. The van der Waals surface area contributed by atoms with Gasteiger partial charge in [0.25, 0.3) is 0 Å². The zero-order valence-corrected chi connectivity index (χ0v) is 23.9. The molecule has 0 aliphatic rings. The molecule has 0 aliphatic heterocycles. The van der Waals surface area contributed by atoms with Gasteiger partial charge in [0.1, 0.15) is 0 Å². The summed E-state index contributed by atoms with van der Waals surface area (Å²) in [5, 5.41) is 25.8. The third-order valence-electron chi connectivity index (χ3n) is 4.35. The fraction of sp³-hybridized carbons (Fsp3) is 0.955. The van der Waals surface area contributed by atoms with E-state index >= 15 is 0 Å². The van der Waals surface area contributed by atoms with Gasteiger partial charge in [-0.15, -0.1) is 6.42 Å². The minimum Gasteiger partial charge on any atom is -0.419 e. The second-order valence-corrected chi connectivity index (χ2v) is 14.6. The molecule has 0 aromatic heterocycles. The van der Waals surface area contributed by atoms with Gasteiger partial charge in [-0.25, -0.2) is 0 Å². The molecule has 1 atom stereocenters. The molecular formula is C22H52NO4SiTi-. The maximum absolute atomic E-state index is 9.71. The number of unbranched alkanes of at least 4 members (excludes halogenated alkanes) is 1. The third kappa shape index (κ3) is 20.4. The Kier molecular flexibility index (Phi) is 26.4. The smallest absolute Gasteiger partial charge is 0.200 e. The molecule has 0 spiro atoms. The summed E-state index contributed by atoms with van der Waals surface area (Å²) in [6.07, 6.45) is 3.06. The van der Waals surface area contributed by atoms with E-state index in [2.05, 4.69) is 48.0 Å². The first-order valence-corrected chi connectivity index (χ1v) is 12.9. The molecular weight excluding hydrogens is 418 g/mol. The van der Waals surface area contributed by atoms with Crippen molar-refractivity contribution in [1.82, 2.24) is 4.90 Å². The Labute approximate surface area is 198 Å². The van der Waals surface area contributed by atoms with E-state index in [-0.39, 0.29) is 40.2 Å². The van der Waals surface area contributed by atoms with Gasteiger partial charge in [-0.05, 0) is 58.4 Å². The van der Waals surface area contributed by atoms with Crippen LogP contribution in [0.5, 0.6) is 0 Å². The molecule has 0 aliphatic carbocycles. The van der Waals surface area contributed by atoms with E-state index in [1.807, 2.05) is 19.0 Å². The summed E-state index contributed by atoms with van der Waals surface area (Å²) in [5.74, 6) is 0. The van der Waals surface area contributed by atoms with Crippen LogP contribution in [0.3, 0.4) is 0 Å². The molecule has 0 rings (SSSR count). The fourth-order valence-corrected chi connectivity index (χ4v) is 8.77. The van der Waals surface area contributed by atoms with Crippen LogP contribution >= 0.6 is 0 Å². The molecule has 3 N–H and O–H groups in total. The van der Waals surface area contributed by atoms with Crippen LogP contribution in [0.4, 0.5) is 0 Å². The zero-order valence-electron chi connectivity index (χ0n) is 21.4. The molecule has 0 bridgehead atoms. The Balaban J connectivity index is -0.000000294. The SMILES string of the molecule is CC(C)O.CC(C)O.CC(C)[Si](OCC[CH-]CC(O)N(C)C)(C(C)C)C(C)C.[Ti]. The first-order valence-electron chi connectivity index (χ1n) is 10.8. The van der Waals surface area contributed by atoms with Crippen LogP contribution in [0.2, 0.25) is 16.6 Å². The normalized spacial score (nSPS) is 12.7. The average molecular weight is 471 g/mol. The van der Waals surface area contributed by atoms with E-state index < -0.39 is 8.32 Å². The number of rotatable bonds is 10. The molecule has 0 fully saturated rings. The molecule has 0 heterocycles. The van der Waals surface area contributed by atoms with E-state index in [1.54, 1.807) is 27.7 Å². The number of aliphatic hydroxyl groups excluding tert-OH is 3. The van der Waals surface area contributed by atoms with Gasteiger partial charge in [0.05, 0.1) is 6.23 Å². The fourth-order valence-electron chi connectivity index (χ4n) is 3.30. The summed E-state index contributed by atoms with van der Waals surface area (Å²) in [7, 11) is 2.06. The molecule has 5 nitrogen and oxygen atoms in total. The maximum atomic E-state index is 9.71. The number of aliphatic hydroxyl groups is 3. The molecule has 29 heavy (non-hydrogen) atoms. The summed E-state index contributed by atoms with van der Waals surface area (Å²) in [5.41, 5.74) is 1.90. The van der Waals surface area contributed by atoms with Gasteiger partial charge < -0.3 is 26.2 Å². The molecule has 178 valence electrons. The van der Waals surface area contributed by atoms with Crippen LogP contribution in [-0.2, 0) is 26.1 Å². The summed E-state index contributed by atoms with van der Waals surface area (Å²) in [6.45, 7) is 21.5. The third-order valence-corrected chi connectivity index (χ3v) is 10.5. The van der Waals surface area contributed by atoms with Gasteiger partial charge in [0.2, 0.25) is 0 Å². The number of nitrogens with zero attached hydrogens (tertiary/aromatic N) is 1. The molecule has 7 heteroatoms. The zero-order chi connectivity index (χ0) is 23.1. The second-order valence-electron chi connectivity index (χ2n) is 9.11. The molecule has 0 aromatic carbocycles. The number of hydrogen-bond acceptors (Lipinski definition) is 5. The van der Waals surface area contributed by atoms with Crippen LogP contribution in [0, 0.1) is 6.42 Å². The van der Waals surface area contributed by atoms with Crippen LogP contribution in [0.25, 0.3) is 0 Å². The van der Waals surface area contributed by atoms with Gasteiger partial charge in [-0.2, -0.15) is 6.42 Å². The minimum atomic E-state index is -1.72. The topological polar surface area (TPSA) is 73.2 Å². The van der Waals surface area contributed by atoms with Gasteiger partial charge in [-0.3, -0.25) is 4.90 Å². The van der Waals surface area contributed by atoms with Crippen molar-refractivity contribution in [2.45, 2.75) is 117 Å². The molecule has 0 saturated heterocycles. The molecule has 0 amide bonds. The Morgan fingerprint density at radius 1 is 0.759 bits per heavy atom. The molecule has 0 saturated carbocycles. The predicted molar refractivity (Wildman–Crippen MR) is 125 cm³/mol. The van der Waals surface area contributed by atoms with Crippen LogP contribution in [-0.4, -0.2) is 67.7 Å². The van der Waals surface area contributed by atoms with Gasteiger partial charge in [0, 0.05) is 40.5 Å². The quantitative estimate of drug-likeness (QED) is 0.185. The maximum Gasteiger partial charge on any atom is 0.200 e. The molecule has 0 radical (unpaired) electrons. The Hall–Kier alpha value is 0.731. The van der Waals surface area contributed by atoms with Crippen molar-refractivity contribution in [3.8, 4) is 0 Å². The predicted octanol–water partition coefficient (Wildman–Crippen LogP) is 4.81. The van der Waals surface area contributed by atoms with Crippen LogP contribution < -0.4 is 0 Å². The van der Waals surface area contributed by atoms with Crippen LogP contribution in [0.15, 0.2) is 0 Å². The van der Waals surface area contributed by atoms with Crippen molar-refractivity contribution in [2.24, 2.45) is 0 Å². The van der Waals surface area contributed by atoms with Crippen molar-refractivity contribution >= 4 is 8.32 Å². The number of hydrogen-bond donors (Lipinski definition) is 3. The first-order chi connectivity index (χ1) is 12.6. The van der Waals surface area contributed by atoms with Crippen molar-refractivity contribution in [2.75, 3.05) is 20.7 Å². The van der Waals surface area contributed by atoms with E-state index in [9.17, 15) is 5.11 Å². The van der Waals surface area contributed by atoms with Crippen molar-refractivity contribution in [3.05, 3.63) is 6.42 Å². The van der Waals surface area contributed by atoms with Gasteiger partial charge >= 0.3 is 0 Å². The van der Waals surface area contributed by atoms with E-state index in [4.69, 9.17) is 14.6 Å². The Bertz CT molecular complexity index is 307. The minimum absolute atomic E-state index is 0. The summed E-state index contributed by atoms with van der Waals surface area (Å²) < 4.78 is 6.47. The average Bonchev–Trinajstić information content (AvgIpc) is 2.48. The summed E-state index contributed by atoms with van der Waals surface area (Å²) >= 11 is 0. The Morgan fingerprint density at radius 3 is 1.31 bits per heavy atom. The van der Waals surface area contributed by atoms with E-state index in [0.717, 1.165) is 13.0 Å². The molecule has 0 aromatic rings. The van der Waals surface area contributed by atoms with Crippen molar-refractivity contribution in [1.29, 1.82) is 0 Å². The van der Waals surface area contributed by atoms with Crippen molar-refractivity contribution in [3.63, 3.8) is 0 Å². The summed E-state index contributed by atoms with van der Waals surface area (Å²) in [6, 6.07) is 0. The second kappa shape index (κ2) is 20.6. The summed E-state index contributed by atoms with van der Waals surface area (Å²) in [4.78, 5) is 1.83. The van der Waals surface area contributed by atoms with Crippen LogP contribution in [0.1, 0.15) is 82.1 Å². The first kappa shape index (κ1) is 37.1. The van der Waals surface area contributed by atoms with Crippen molar-refractivity contribution < 1.29 is 41.5 Å². The van der Waals surface area contributed by atoms with E-state index in [1.165, 1.54) is 0 Å². The molecule has 1 unspecified atom stereocenters. The van der Waals surface area contributed by atoms with Gasteiger partial charge in [0.15, 0.2) is 8.32 Å².